The zero-order chi connectivity index (χ0) is 9.30. The van der Waals surface area contributed by atoms with Crippen LogP contribution in [-0.2, 0) is 4.79 Å². The normalized spacial score (nSPS) is 23.0. The Hall–Kier alpha value is -1.05. The lowest BCUT2D eigenvalue weighted by molar-refractivity contribution is -0.127. The summed E-state index contributed by atoms with van der Waals surface area (Å²) in [7, 11) is 0. The molecule has 0 saturated carbocycles. The highest BCUT2D eigenvalue weighted by atomic mass is 16.2. The van der Waals surface area contributed by atoms with E-state index in [0.717, 1.165) is 24.1 Å². The first-order chi connectivity index (χ1) is 5.54. The van der Waals surface area contributed by atoms with Crippen LogP contribution >= 0.6 is 0 Å². The maximum absolute atomic E-state index is 11.2. The predicted octanol–water partition coefficient (Wildman–Crippen LogP) is 2.09. The molecule has 1 aliphatic heterocycles. The fraction of sp³-hybridized carbons (Fsp3) is 0.500. The van der Waals surface area contributed by atoms with Gasteiger partial charge in [0.1, 0.15) is 0 Å². The summed E-state index contributed by atoms with van der Waals surface area (Å²) in [5.74, 6) is 0.0745. The topological polar surface area (TPSA) is 20.3 Å². The quantitative estimate of drug-likeness (QED) is 0.545. The molecule has 1 unspecified atom stereocenters. The van der Waals surface area contributed by atoms with Crippen LogP contribution in [-0.4, -0.2) is 16.8 Å². The van der Waals surface area contributed by atoms with Crippen LogP contribution in [0.3, 0.4) is 0 Å². The summed E-state index contributed by atoms with van der Waals surface area (Å²) in [6.45, 7) is 11.3. The third kappa shape index (κ3) is 1.42. The molecule has 2 heteroatoms. The van der Waals surface area contributed by atoms with Gasteiger partial charge in [0.2, 0.25) is 5.91 Å². The molecule has 66 valence electrons. The Labute approximate surface area is 73.6 Å². The van der Waals surface area contributed by atoms with E-state index in [1.54, 1.807) is 11.8 Å². The van der Waals surface area contributed by atoms with Crippen LogP contribution in [0.25, 0.3) is 0 Å². The molecule has 1 atom stereocenters. The molecule has 0 spiro atoms. The molecule has 1 aliphatic rings. The van der Waals surface area contributed by atoms with E-state index in [9.17, 15) is 4.79 Å². The Balaban J connectivity index is 2.84. The van der Waals surface area contributed by atoms with Crippen LogP contribution in [0.1, 0.15) is 26.7 Å². The number of rotatable bonds is 1. The molecular formula is C10H15NO. The molecule has 0 aromatic rings. The summed E-state index contributed by atoms with van der Waals surface area (Å²) in [6, 6.07) is 0.190. The van der Waals surface area contributed by atoms with Crippen molar-refractivity contribution in [2.24, 2.45) is 0 Å². The van der Waals surface area contributed by atoms with Crippen LogP contribution < -0.4 is 0 Å². The highest BCUT2D eigenvalue weighted by Gasteiger charge is 2.29. The van der Waals surface area contributed by atoms with Crippen LogP contribution in [0, 0.1) is 0 Å². The van der Waals surface area contributed by atoms with Gasteiger partial charge in [-0.1, -0.05) is 18.7 Å². The lowest BCUT2D eigenvalue weighted by Gasteiger charge is -2.24. The van der Waals surface area contributed by atoms with Crippen LogP contribution in [0.5, 0.6) is 0 Å². The molecule has 1 amide bonds. The maximum atomic E-state index is 11.2. The van der Waals surface area contributed by atoms with Crippen molar-refractivity contribution in [2.45, 2.75) is 32.7 Å². The summed E-state index contributed by atoms with van der Waals surface area (Å²) in [5, 5.41) is 0. The fourth-order valence-electron chi connectivity index (χ4n) is 1.68. The second-order valence-corrected chi connectivity index (χ2v) is 3.36. The van der Waals surface area contributed by atoms with Gasteiger partial charge in [-0.25, -0.2) is 0 Å². The second kappa shape index (κ2) is 3.13. The zero-order valence-electron chi connectivity index (χ0n) is 7.76. The van der Waals surface area contributed by atoms with Crippen molar-refractivity contribution in [1.82, 2.24) is 4.90 Å². The van der Waals surface area contributed by atoms with Crippen molar-refractivity contribution in [3.05, 3.63) is 24.4 Å². The minimum absolute atomic E-state index is 0.0745. The number of allylic oxidation sites excluding steroid dienone is 1. The van der Waals surface area contributed by atoms with Gasteiger partial charge in [0.15, 0.2) is 0 Å². The molecule has 1 rings (SSSR count). The Morgan fingerprint density at radius 1 is 1.58 bits per heavy atom. The van der Waals surface area contributed by atoms with Gasteiger partial charge in [-0.3, -0.25) is 4.79 Å². The van der Waals surface area contributed by atoms with E-state index in [-0.39, 0.29) is 11.9 Å². The van der Waals surface area contributed by atoms with E-state index in [0.29, 0.717) is 0 Å². The second-order valence-electron chi connectivity index (χ2n) is 3.36. The molecule has 2 nitrogen and oxygen atoms in total. The summed E-state index contributed by atoms with van der Waals surface area (Å²) in [6.07, 6.45) is 1.89. The van der Waals surface area contributed by atoms with Crippen molar-refractivity contribution in [3.63, 3.8) is 0 Å². The van der Waals surface area contributed by atoms with Gasteiger partial charge in [0.25, 0.3) is 0 Å². The van der Waals surface area contributed by atoms with Crippen molar-refractivity contribution in [1.29, 1.82) is 0 Å². The molecule has 1 fully saturated rings. The third-order valence-electron chi connectivity index (χ3n) is 2.27. The molecule has 12 heavy (non-hydrogen) atoms. The van der Waals surface area contributed by atoms with Gasteiger partial charge in [-0.05, 0) is 19.8 Å². The number of carbonyl (C=O) groups excluding carboxylic acids is 1. The Morgan fingerprint density at radius 3 is 2.50 bits per heavy atom. The van der Waals surface area contributed by atoms with E-state index in [2.05, 4.69) is 13.2 Å². The number of nitrogens with zero attached hydrogens (tertiary/aromatic N) is 1. The van der Waals surface area contributed by atoms with E-state index in [4.69, 9.17) is 0 Å². The summed E-state index contributed by atoms with van der Waals surface area (Å²) < 4.78 is 0. The average Bonchev–Trinajstić information content (AvgIpc) is 2.30. The van der Waals surface area contributed by atoms with Gasteiger partial charge >= 0.3 is 0 Å². The molecule has 0 aromatic heterocycles. The van der Waals surface area contributed by atoms with Crippen LogP contribution in [0.2, 0.25) is 0 Å². The van der Waals surface area contributed by atoms with Crippen molar-refractivity contribution in [3.8, 4) is 0 Å². The lowest BCUT2D eigenvalue weighted by atomic mass is 10.1. The first kappa shape index (κ1) is 9.04. The van der Waals surface area contributed by atoms with Gasteiger partial charge in [0.05, 0.1) is 6.04 Å². The highest BCUT2D eigenvalue weighted by Crippen LogP contribution is 2.29. The molecule has 0 aliphatic carbocycles. The van der Waals surface area contributed by atoms with Gasteiger partial charge in [-0.2, -0.15) is 0 Å². The number of hydrogen-bond donors (Lipinski definition) is 0. The SMILES string of the molecule is C=C(C)C1CCC(=C)N1C(C)=O. The first-order valence-corrected chi connectivity index (χ1v) is 4.17. The minimum Gasteiger partial charge on any atom is -0.310 e. The molecule has 0 bridgehead atoms. The highest BCUT2D eigenvalue weighted by molar-refractivity contribution is 5.76. The van der Waals surface area contributed by atoms with Crippen molar-refractivity contribution >= 4 is 5.91 Å². The molecular weight excluding hydrogens is 150 g/mol. The number of hydrogen-bond acceptors (Lipinski definition) is 1. The largest absolute Gasteiger partial charge is 0.310 e. The van der Waals surface area contributed by atoms with Crippen molar-refractivity contribution in [2.75, 3.05) is 0 Å². The lowest BCUT2D eigenvalue weighted by Crippen LogP contribution is -2.32. The van der Waals surface area contributed by atoms with Gasteiger partial charge < -0.3 is 4.90 Å². The van der Waals surface area contributed by atoms with Crippen LogP contribution in [0.15, 0.2) is 24.4 Å². The summed E-state index contributed by atoms with van der Waals surface area (Å²) >= 11 is 0. The van der Waals surface area contributed by atoms with Gasteiger partial charge in [-0.15, -0.1) is 0 Å². The van der Waals surface area contributed by atoms with E-state index in [1.165, 1.54) is 0 Å². The van der Waals surface area contributed by atoms with Gasteiger partial charge in [0, 0.05) is 12.6 Å². The van der Waals surface area contributed by atoms with Crippen LogP contribution in [0.4, 0.5) is 0 Å². The number of amides is 1. The average molecular weight is 165 g/mol. The fourth-order valence-corrected chi connectivity index (χ4v) is 1.68. The maximum Gasteiger partial charge on any atom is 0.224 e. The Morgan fingerprint density at radius 2 is 2.17 bits per heavy atom. The molecule has 0 aromatic carbocycles. The standard InChI is InChI=1S/C10H15NO/c1-7(2)10-6-5-8(3)11(10)9(4)12/h10H,1,3,5-6H2,2,4H3. The predicted molar refractivity (Wildman–Crippen MR) is 49.5 cm³/mol. The number of likely N-dealkylation sites (tertiary alicyclic amines) is 1. The number of carbonyl (C=O) groups is 1. The monoisotopic (exact) mass is 165 g/mol. The Kier molecular flexibility index (Phi) is 2.36. The molecule has 1 saturated heterocycles. The molecule has 0 radical (unpaired) electrons. The first-order valence-electron chi connectivity index (χ1n) is 4.17. The summed E-state index contributed by atoms with van der Waals surface area (Å²) in [4.78, 5) is 12.9. The molecule has 1 heterocycles. The van der Waals surface area contributed by atoms with Crippen molar-refractivity contribution < 1.29 is 4.79 Å². The van der Waals surface area contributed by atoms with E-state index in [1.807, 2.05) is 6.92 Å². The Bertz CT molecular complexity index is 242. The third-order valence-corrected chi connectivity index (χ3v) is 2.27. The van der Waals surface area contributed by atoms with E-state index < -0.39 is 0 Å². The smallest absolute Gasteiger partial charge is 0.224 e. The minimum atomic E-state index is 0.0745. The summed E-state index contributed by atoms with van der Waals surface area (Å²) in [5.41, 5.74) is 1.97. The molecule has 0 N–H and O–H groups in total. The van der Waals surface area contributed by atoms with E-state index >= 15 is 0 Å². The zero-order valence-corrected chi connectivity index (χ0v) is 7.76.